The van der Waals surface area contributed by atoms with E-state index >= 15 is 0 Å². The van der Waals surface area contributed by atoms with E-state index in [0.29, 0.717) is 4.90 Å². The van der Waals surface area contributed by atoms with E-state index in [1.165, 1.54) is 0 Å². The van der Waals surface area contributed by atoms with Crippen LogP contribution in [0, 0.1) is 0 Å². The minimum absolute atomic E-state index is 0.141. The maximum absolute atomic E-state index is 12.5. The third-order valence-electron chi connectivity index (χ3n) is 3.55. The lowest BCUT2D eigenvalue weighted by molar-refractivity contribution is 0.560. The summed E-state index contributed by atoms with van der Waals surface area (Å²) in [6.07, 6.45) is 0. The molecule has 2 atom stereocenters. The molecule has 0 saturated carbocycles. The zero-order chi connectivity index (χ0) is 13.5. The third kappa shape index (κ3) is 1.91. The highest BCUT2D eigenvalue weighted by atomic mass is 32.2. The van der Waals surface area contributed by atoms with Gasteiger partial charge in [-0.1, -0.05) is 26.0 Å². The monoisotopic (exact) mass is 268 g/mol. The van der Waals surface area contributed by atoms with Crippen LogP contribution in [0.25, 0.3) is 0 Å². The number of fused-ring (bicyclic) bond motifs is 1. The van der Waals surface area contributed by atoms with Crippen LogP contribution >= 0.6 is 0 Å². The van der Waals surface area contributed by atoms with E-state index in [-0.39, 0.29) is 18.5 Å². The Morgan fingerprint density at radius 1 is 1.39 bits per heavy atom. The minimum atomic E-state index is -3.33. The summed E-state index contributed by atoms with van der Waals surface area (Å²) in [7, 11) is -3.33. The molecule has 100 valence electrons. The van der Waals surface area contributed by atoms with Gasteiger partial charge in [0.15, 0.2) is 9.84 Å². The van der Waals surface area contributed by atoms with Gasteiger partial charge in [-0.2, -0.15) is 0 Å². The van der Waals surface area contributed by atoms with Gasteiger partial charge in [-0.05, 0) is 24.5 Å². The van der Waals surface area contributed by atoms with Crippen LogP contribution in [0.3, 0.4) is 0 Å². The van der Waals surface area contributed by atoms with Crippen molar-refractivity contribution < 1.29 is 8.42 Å². The van der Waals surface area contributed by atoms with Crippen LogP contribution in [0.4, 0.5) is 5.69 Å². The molecule has 0 aromatic heterocycles. The quantitative estimate of drug-likeness (QED) is 0.856. The molecule has 2 unspecified atom stereocenters. The summed E-state index contributed by atoms with van der Waals surface area (Å²) >= 11 is 0. The topological polar surface area (TPSA) is 72.2 Å². The number of benzene rings is 1. The van der Waals surface area contributed by atoms with E-state index in [2.05, 4.69) is 19.2 Å². The normalized spacial score (nSPS) is 25.6. The van der Waals surface area contributed by atoms with Crippen molar-refractivity contribution >= 4 is 15.5 Å². The van der Waals surface area contributed by atoms with E-state index in [9.17, 15) is 8.42 Å². The Balaban J connectivity index is 2.67. The molecule has 4 nitrogen and oxygen atoms in total. The largest absolute Gasteiger partial charge is 0.380 e. The van der Waals surface area contributed by atoms with E-state index in [1.807, 2.05) is 13.0 Å². The highest BCUT2D eigenvalue weighted by Crippen LogP contribution is 2.37. The van der Waals surface area contributed by atoms with Crippen LogP contribution in [0.5, 0.6) is 0 Å². The smallest absolute Gasteiger partial charge is 0.186 e. The number of anilines is 1. The van der Waals surface area contributed by atoms with Gasteiger partial charge >= 0.3 is 0 Å². The Morgan fingerprint density at radius 3 is 2.61 bits per heavy atom. The van der Waals surface area contributed by atoms with E-state index in [1.54, 1.807) is 12.1 Å². The molecule has 3 N–H and O–H groups in total. The summed E-state index contributed by atoms with van der Waals surface area (Å²) in [5.41, 5.74) is 7.40. The van der Waals surface area contributed by atoms with Crippen LogP contribution in [0.1, 0.15) is 32.3 Å². The van der Waals surface area contributed by atoms with E-state index < -0.39 is 15.1 Å². The van der Waals surface area contributed by atoms with Crippen molar-refractivity contribution in [3.63, 3.8) is 0 Å². The average molecular weight is 268 g/mol. The number of nitrogens with one attached hydrogen (secondary N) is 1. The fourth-order valence-electron chi connectivity index (χ4n) is 2.50. The molecule has 0 amide bonds. The molecule has 0 bridgehead atoms. The van der Waals surface area contributed by atoms with Gasteiger partial charge in [-0.25, -0.2) is 8.42 Å². The van der Waals surface area contributed by atoms with Gasteiger partial charge in [0.1, 0.15) is 0 Å². The van der Waals surface area contributed by atoms with Crippen molar-refractivity contribution in [3.05, 3.63) is 23.8 Å². The number of rotatable bonds is 2. The Bertz CT molecular complexity index is 552. The molecule has 1 aromatic rings. The maximum atomic E-state index is 12.5. The van der Waals surface area contributed by atoms with Crippen LogP contribution in [-0.4, -0.2) is 26.3 Å². The summed E-state index contributed by atoms with van der Waals surface area (Å²) in [6.45, 7) is 6.13. The van der Waals surface area contributed by atoms with Crippen molar-refractivity contribution in [2.75, 3.05) is 11.9 Å². The molecule has 0 radical (unpaired) electrons. The van der Waals surface area contributed by atoms with Crippen LogP contribution in [0.2, 0.25) is 0 Å². The van der Waals surface area contributed by atoms with Crippen LogP contribution in [0.15, 0.2) is 23.1 Å². The first-order chi connectivity index (χ1) is 8.39. The summed E-state index contributed by atoms with van der Waals surface area (Å²) in [4.78, 5) is 0.391. The molecular formula is C13H20N2O2S. The number of hydrogen-bond acceptors (Lipinski definition) is 4. The maximum Gasteiger partial charge on any atom is 0.186 e. The Morgan fingerprint density at radius 2 is 2.06 bits per heavy atom. The Kier molecular flexibility index (Phi) is 3.38. The van der Waals surface area contributed by atoms with Gasteiger partial charge in [0.2, 0.25) is 0 Å². The molecule has 18 heavy (non-hydrogen) atoms. The van der Waals surface area contributed by atoms with Gasteiger partial charge in [0.05, 0.1) is 15.8 Å². The first-order valence-electron chi connectivity index (χ1n) is 6.23. The minimum Gasteiger partial charge on any atom is -0.380 e. The summed E-state index contributed by atoms with van der Waals surface area (Å²) < 4.78 is 25.0. The number of hydrogen-bond donors (Lipinski definition) is 2. The fraction of sp³-hybridized carbons (Fsp3) is 0.538. The summed E-state index contributed by atoms with van der Waals surface area (Å²) in [6, 6.07) is 5.28. The number of sulfone groups is 1. The molecule has 0 aliphatic carbocycles. The van der Waals surface area contributed by atoms with Gasteiger partial charge in [0.25, 0.3) is 0 Å². The second-order valence-electron chi connectivity index (χ2n) is 5.13. The highest BCUT2D eigenvalue weighted by molar-refractivity contribution is 7.92. The molecule has 1 aromatic carbocycles. The first-order valence-corrected chi connectivity index (χ1v) is 7.77. The molecule has 2 rings (SSSR count). The number of para-hydroxylation sites is 1. The Hall–Kier alpha value is -1.07. The zero-order valence-corrected chi connectivity index (χ0v) is 11.8. The lowest BCUT2D eigenvalue weighted by atomic mass is 10.00. The summed E-state index contributed by atoms with van der Waals surface area (Å²) in [5, 5.41) is 2.76. The van der Waals surface area contributed by atoms with Crippen molar-refractivity contribution in [3.8, 4) is 0 Å². The predicted molar refractivity (Wildman–Crippen MR) is 73.6 cm³/mol. The van der Waals surface area contributed by atoms with Crippen molar-refractivity contribution in [2.45, 2.75) is 42.9 Å². The molecule has 5 heteroatoms. The highest BCUT2D eigenvalue weighted by Gasteiger charge is 2.38. The molecule has 1 heterocycles. The van der Waals surface area contributed by atoms with Crippen molar-refractivity contribution in [1.29, 1.82) is 0 Å². The second-order valence-corrected chi connectivity index (χ2v) is 7.26. The standard InChI is InChI=1S/C13H20N2O2S/c1-8(2)10-5-4-6-11-13(10)15-9(3)12(7-14)18(11,16)17/h4-6,8-9,12,15H,7,14H2,1-3H3. The molecule has 0 saturated heterocycles. The van der Waals surface area contributed by atoms with Crippen LogP contribution in [-0.2, 0) is 9.84 Å². The fourth-order valence-corrected chi connectivity index (χ4v) is 4.42. The molecule has 0 spiro atoms. The second kappa shape index (κ2) is 4.55. The molecule has 1 aliphatic heterocycles. The zero-order valence-electron chi connectivity index (χ0n) is 11.0. The predicted octanol–water partition coefficient (Wildman–Crippen LogP) is 1.72. The molecule has 0 fully saturated rings. The lowest BCUT2D eigenvalue weighted by Gasteiger charge is -2.33. The van der Waals surface area contributed by atoms with Gasteiger partial charge in [-0.3, -0.25) is 0 Å². The first kappa shape index (κ1) is 13.4. The third-order valence-corrected chi connectivity index (χ3v) is 5.90. The van der Waals surface area contributed by atoms with Gasteiger partial charge < -0.3 is 11.1 Å². The average Bonchev–Trinajstić information content (AvgIpc) is 2.28. The van der Waals surface area contributed by atoms with Gasteiger partial charge in [-0.15, -0.1) is 0 Å². The van der Waals surface area contributed by atoms with Gasteiger partial charge in [0, 0.05) is 12.6 Å². The Labute approximate surface area is 108 Å². The van der Waals surface area contributed by atoms with Crippen molar-refractivity contribution in [2.24, 2.45) is 5.73 Å². The lowest BCUT2D eigenvalue weighted by Crippen LogP contribution is -2.46. The SMILES string of the molecule is CC(C)c1cccc2c1NC(C)C(CN)S2(=O)=O. The number of nitrogens with two attached hydrogens (primary N) is 1. The van der Waals surface area contributed by atoms with Crippen molar-refractivity contribution in [1.82, 2.24) is 0 Å². The van der Waals surface area contributed by atoms with E-state index in [4.69, 9.17) is 5.73 Å². The summed E-state index contributed by atoms with van der Waals surface area (Å²) in [5.74, 6) is 0.282. The van der Waals surface area contributed by atoms with E-state index in [0.717, 1.165) is 11.3 Å². The van der Waals surface area contributed by atoms with Crippen LogP contribution < -0.4 is 11.1 Å². The molecule has 1 aliphatic rings. The molecular weight excluding hydrogens is 248 g/mol.